The highest BCUT2D eigenvalue weighted by molar-refractivity contribution is 6.35. The highest BCUT2D eigenvalue weighted by Crippen LogP contribution is 2.24. The first-order chi connectivity index (χ1) is 11.0. The minimum Gasteiger partial charge on any atom is -0.321 e. The van der Waals surface area contributed by atoms with E-state index in [9.17, 15) is 4.79 Å². The predicted octanol–water partition coefficient (Wildman–Crippen LogP) is 3.76. The maximum absolute atomic E-state index is 13.1. The van der Waals surface area contributed by atoms with E-state index in [0.29, 0.717) is 28.2 Å². The fourth-order valence-corrected chi connectivity index (χ4v) is 2.94. The molecule has 3 rings (SSSR count). The average Bonchev–Trinajstić information content (AvgIpc) is 2.55. The molecule has 118 valence electrons. The van der Waals surface area contributed by atoms with Crippen molar-refractivity contribution in [3.63, 3.8) is 0 Å². The molecule has 0 unspecified atom stereocenters. The van der Waals surface area contributed by atoms with Crippen molar-refractivity contribution < 1.29 is 0 Å². The summed E-state index contributed by atoms with van der Waals surface area (Å²) in [6.45, 7) is 3.93. The summed E-state index contributed by atoms with van der Waals surface area (Å²) in [5.74, 6) is 0.557. The van der Waals surface area contributed by atoms with Crippen molar-refractivity contribution in [3.05, 3.63) is 69.2 Å². The third-order valence-corrected chi connectivity index (χ3v) is 4.32. The monoisotopic (exact) mass is 327 g/mol. The number of aryl methyl sites for hydroxylation is 1. The van der Waals surface area contributed by atoms with Gasteiger partial charge in [0.25, 0.3) is 5.56 Å². The molecule has 0 fully saturated rings. The number of hydrogen-bond donors (Lipinski definition) is 1. The molecular formula is C18H18ClN3O. The lowest BCUT2D eigenvalue weighted by Crippen LogP contribution is -2.29. The van der Waals surface area contributed by atoms with E-state index >= 15 is 0 Å². The van der Waals surface area contributed by atoms with E-state index in [0.717, 1.165) is 11.3 Å². The van der Waals surface area contributed by atoms with Crippen LogP contribution in [0.15, 0.2) is 47.3 Å². The molecule has 0 saturated carbocycles. The minimum atomic E-state index is -0.328. The maximum Gasteiger partial charge on any atom is 0.267 e. The standard InChI is InChI=1S/C18H18ClN3O/c1-3-13(20)17-21-14-9-6-8-12(19)16(14)18(23)22(17)15-10-5-4-7-11(15)2/h4-10,13H,3,20H2,1-2H3/t13-/m0/s1. The predicted molar refractivity (Wildman–Crippen MR) is 94.3 cm³/mol. The van der Waals surface area contributed by atoms with Crippen molar-refractivity contribution in [2.45, 2.75) is 26.3 Å². The van der Waals surface area contributed by atoms with Crippen molar-refractivity contribution in [1.29, 1.82) is 0 Å². The van der Waals surface area contributed by atoms with Gasteiger partial charge in [-0.05, 0) is 37.1 Å². The summed E-state index contributed by atoms with van der Waals surface area (Å²) < 4.78 is 1.59. The zero-order valence-corrected chi connectivity index (χ0v) is 13.8. The summed E-state index contributed by atoms with van der Waals surface area (Å²) in [6, 6.07) is 12.6. The molecule has 23 heavy (non-hydrogen) atoms. The third kappa shape index (κ3) is 2.64. The number of nitrogens with two attached hydrogens (primary N) is 1. The van der Waals surface area contributed by atoms with Crippen LogP contribution in [0.25, 0.3) is 16.6 Å². The van der Waals surface area contributed by atoms with Gasteiger partial charge in [0, 0.05) is 0 Å². The highest BCUT2D eigenvalue weighted by Gasteiger charge is 2.19. The average molecular weight is 328 g/mol. The van der Waals surface area contributed by atoms with Crippen LogP contribution in [0, 0.1) is 6.92 Å². The number of rotatable bonds is 3. The highest BCUT2D eigenvalue weighted by atomic mass is 35.5. The van der Waals surface area contributed by atoms with Gasteiger partial charge in [0.2, 0.25) is 0 Å². The molecule has 1 aromatic heterocycles. The van der Waals surface area contributed by atoms with Gasteiger partial charge in [-0.25, -0.2) is 4.98 Å². The van der Waals surface area contributed by atoms with Crippen LogP contribution in [0.5, 0.6) is 0 Å². The van der Waals surface area contributed by atoms with Crippen molar-refractivity contribution >= 4 is 22.5 Å². The van der Waals surface area contributed by atoms with Gasteiger partial charge in [0.05, 0.1) is 27.7 Å². The Morgan fingerprint density at radius 1 is 1.22 bits per heavy atom. The Morgan fingerprint density at radius 2 is 1.96 bits per heavy atom. The number of fused-ring (bicyclic) bond motifs is 1. The molecule has 0 spiro atoms. The lowest BCUT2D eigenvalue weighted by molar-refractivity contribution is 0.622. The molecule has 0 bridgehead atoms. The Labute approximate surface area is 139 Å². The van der Waals surface area contributed by atoms with Crippen molar-refractivity contribution in [2.24, 2.45) is 5.73 Å². The Morgan fingerprint density at radius 3 is 2.65 bits per heavy atom. The van der Waals surface area contributed by atoms with E-state index in [1.54, 1.807) is 22.8 Å². The topological polar surface area (TPSA) is 60.9 Å². The summed E-state index contributed by atoms with van der Waals surface area (Å²) >= 11 is 6.24. The van der Waals surface area contributed by atoms with Crippen LogP contribution in [0.2, 0.25) is 5.02 Å². The minimum absolute atomic E-state index is 0.186. The Hall–Kier alpha value is -2.17. The van der Waals surface area contributed by atoms with E-state index < -0.39 is 0 Å². The fraction of sp³-hybridized carbons (Fsp3) is 0.222. The molecule has 0 saturated heterocycles. The second-order valence-corrected chi connectivity index (χ2v) is 5.95. The first kappa shape index (κ1) is 15.7. The van der Waals surface area contributed by atoms with Gasteiger partial charge in [-0.15, -0.1) is 0 Å². The summed E-state index contributed by atoms with van der Waals surface area (Å²) in [5.41, 5.74) is 8.38. The Balaban J connectivity index is 2.48. The second kappa shape index (κ2) is 6.14. The van der Waals surface area contributed by atoms with Gasteiger partial charge < -0.3 is 5.73 Å². The SMILES string of the molecule is CC[C@H](N)c1nc2cccc(Cl)c2c(=O)n1-c1ccccc1C. The lowest BCUT2D eigenvalue weighted by atomic mass is 10.1. The lowest BCUT2D eigenvalue weighted by Gasteiger charge is -2.19. The number of nitrogens with zero attached hydrogens (tertiary/aromatic N) is 2. The fourth-order valence-electron chi connectivity index (χ4n) is 2.69. The summed E-state index contributed by atoms with van der Waals surface area (Å²) in [5, 5.41) is 0.823. The van der Waals surface area contributed by atoms with Crippen LogP contribution in [-0.2, 0) is 0 Å². The maximum atomic E-state index is 13.1. The molecule has 0 aliphatic heterocycles. The summed E-state index contributed by atoms with van der Waals surface area (Å²) in [6.07, 6.45) is 0.685. The molecular weight excluding hydrogens is 310 g/mol. The Kier molecular flexibility index (Phi) is 4.20. The molecule has 0 radical (unpaired) electrons. The van der Waals surface area contributed by atoms with Crippen molar-refractivity contribution in [3.8, 4) is 5.69 Å². The quantitative estimate of drug-likeness (QED) is 0.796. The molecule has 0 amide bonds. The largest absolute Gasteiger partial charge is 0.321 e. The molecule has 1 heterocycles. The van der Waals surface area contributed by atoms with E-state index in [1.807, 2.05) is 38.1 Å². The number of aromatic nitrogens is 2. The number of hydrogen-bond acceptors (Lipinski definition) is 3. The molecule has 5 heteroatoms. The second-order valence-electron chi connectivity index (χ2n) is 5.55. The number of halogens is 1. The van der Waals surface area contributed by atoms with Crippen LogP contribution >= 0.6 is 11.6 Å². The van der Waals surface area contributed by atoms with Gasteiger partial charge in [-0.2, -0.15) is 0 Å². The molecule has 0 aliphatic carbocycles. The normalized spacial score (nSPS) is 12.5. The molecule has 1 atom stereocenters. The Bertz CT molecular complexity index is 933. The molecule has 2 aromatic carbocycles. The van der Waals surface area contributed by atoms with Gasteiger partial charge in [-0.1, -0.05) is 42.8 Å². The van der Waals surface area contributed by atoms with Crippen LogP contribution in [0.1, 0.15) is 30.8 Å². The van der Waals surface area contributed by atoms with Gasteiger partial charge in [0.15, 0.2) is 0 Å². The van der Waals surface area contributed by atoms with Gasteiger partial charge in [-0.3, -0.25) is 9.36 Å². The van der Waals surface area contributed by atoms with Crippen LogP contribution in [0.3, 0.4) is 0 Å². The number of benzene rings is 2. The zero-order chi connectivity index (χ0) is 16.6. The first-order valence-electron chi connectivity index (χ1n) is 7.57. The van der Waals surface area contributed by atoms with Crippen LogP contribution in [-0.4, -0.2) is 9.55 Å². The van der Waals surface area contributed by atoms with E-state index in [4.69, 9.17) is 17.3 Å². The summed E-state index contributed by atoms with van der Waals surface area (Å²) in [4.78, 5) is 17.8. The first-order valence-corrected chi connectivity index (χ1v) is 7.95. The zero-order valence-electron chi connectivity index (χ0n) is 13.1. The number of para-hydroxylation sites is 1. The molecule has 2 N–H and O–H groups in total. The van der Waals surface area contributed by atoms with Gasteiger partial charge in [0.1, 0.15) is 5.82 Å². The van der Waals surface area contributed by atoms with E-state index in [-0.39, 0.29) is 11.6 Å². The summed E-state index contributed by atoms with van der Waals surface area (Å²) in [7, 11) is 0. The molecule has 3 aromatic rings. The van der Waals surface area contributed by atoms with Crippen LogP contribution in [0.4, 0.5) is 0 Å². The van der Waals surface area contributed by atoms with Crippen molar-refractivity contribution in [2.75, 3.05) is 0 Å². The van der Waals surface area contributed by atoms with E-state index in [1.165, 1.54) is 0 Å². The smallest absolute Gasteiger partial charge is 0.267 e. The molecule has 4 nitrogen and oxygen atoms in total. The third-order valence-electron chi connectivity index (χ3n) is 4.00. The van der Waals surface area contributed by atoms with E-state index in [2.05, 4.69) is 4.98 Å². The van der Waals surface area contributed by atoms with Gasteiger partial charge >= 0.3 is 0 Å². The van der Waals surface area contributed by atoms with Crippen LogP contribution < -0.4 is 11.3 Å². The molecule has 0 aliphatic rings. The van der Waals surface area contributed by atoms with Crippen molar-refractivity contribution in [1.82, 2.24) is 9.55 Å².